The second kappa shape index (κ2) is 4.67. The molecule has 4 heteroatoms. The zero-order valence-electron chi connectivity index (χ0n) is 8.57. The van der Waals surface area contributed by atoms with Crippen molar-refractivity contribution in [2.24, 2.45) is 0 Å². The van der Waals surface area contributed by atoms with E-state index in [0.29, 0.717) is 24.2 Å². The molecule has 0 saturated heterocycles. The van der Waals surface area contributed by atoms with E-state index in [0.717, 1.165) is 10.9 Å². The molecule has 1 unspecified atom stereocenters. The molecular weight excluding hydrogens is 270 g/mol. The number of rotatable bonds is 2. The van der Waals surface area contributed by atoms with Crippen molar-refractivity contribution in [2.75, 3.05) is 0 Å². The summed E-state index contributed by atoms with van der Waals surface area (Å²) in [6, 6.07) is 7.38. The van der Waals surface area contributed by atoms with Crippen LogP contribution in [0.15, 0.2) is 22.7 Å². The second-order valence-corrected chi connectivity index (χ2v) is 4.69. The Bertz CT molecular complexity index is 465. The second-order valence-electron chi connectivity index (χ2n) is 3.77. The van der Waals surface area contributed by atoms with Crippen LogP contribution in [0.1, 0.15) is 24.8 Å². The van der Waals surface area contributed by atoms with E-state index in [4.69, 9.17) is 10.00 Å². The molecule has 0 aromatic heterocycles. The number of ether oxygens (including phenoxy) is 1. The van der Waals surface area contributed by atoms with Gasteiger partial charge in [-0.1, -0.05) is 15.9 Å². The summed E-state index contributed by atoms with van der Waals surface area (Å²) in [5, 5.41) is 8.95. The lowest BCUT2D eigenvalue weighted by atomic mass is 10.2. The van der Waals surface area contributed by atoms with Crippen molar-refractivity contribution in [1.82, 2.24) is 0 Å². The van der Waals surface area contributed by atoms with Crippen LogP contribution in [-0.2, 0) is 4.79 Å². The van der Waals surface area contributed by atoms with Crippen LogP contribution in [0.3, 0.4) is 0 Å². The number of carbonyl (C=O) groups excluding carboxylic acids is 1. The van der Waals surface area contributed by atoms with Gasteiger partial charge in [-0.3, -0.25) is 4.79 Å². The molecule has 0 radical (unpaired) electrons. The quantitative estimate of drug-likeness (QED) is 0.837. The van der Waals surface area contributed by atoms with Crippen LogP contribution in [0.4, 0.5) is 0 Å². The van der Waals surface area contributed by atoms with Crippen LogP contribution in [0, 0.1) is 11.3 Å². The van der Waals surface area contributed by atoms with E-state index in [1.165, 1.54) is 0 Å². The Morgan fingerprint density at radius 3 is 2.94 bits per heavy atom. The lowest BCUT2D eigenvalue weighted by molar-refractivity contribution is -0.117. The minimum atomic E-state index is -0.0687. The van der Waals surface area contributed by atoms with Crippen molar-refractivity contribution < 1.29 is 9.53 Å². The maximum absolute atomic E-state index is 11.1. The van der Waals surface area contributed by atoms with Gasteiger partial charge in [-0.25, -0.2) is 0 Å². The average Bonchev–Trinajstić information content (AvgIpc) is 2.67. The Kier molecular flexibility index (Phi) is 3.25. The maximum atomic E-state index is 11.1. The van der Waals surface area contributed by atoms with Gasteiger partial charge in [0.25, 0.3) is 0 Å². The number of halogens is 1. The number of hydrogen-bond donors (Lipinski definition) is 0. The molecule has 0 N–H and O–H groups in total. The molecule has 1 aliphatic carbocycles. The van der Waals surface area contributed by atoms with Crippen molar-refractivity contribution in [2.45, 2.75) is 25.4 Å². The zero-order valence-corrected chi connectivity index (χ0v) is 10.2. The molecule has 0 heterocycles. The molecule has 0 amide bonds. The van der Waals surface area contributed by atoms with Crippen molar-refractivity contribution in [1.29, 1.82) is 5.26 Å². The third-order valence-corrected chi connectivity index (χ3v) is 3.05. The van der Waals surface area contributed by atoms with E-state index in [1.54, 1.807) is 12.1 Å². The molecule has 3 nitrogen and oxygen atoms in total. The van der Waals surface area contributed by atoms with E-state index >= 15 is 0 Å². The number of nitriles is 1. The highest BCUT2D eigenvalue weighted by molar-refractivity contribution is 9.10. The van der Waals surface area contributed by atoms with Gasteiger partial charge < -0.3 is 4.74 Å². The van der Waals surface area contributed by atoms with Gasteiger partial charge in [0.05, 0.1) is 5.56 Å². The molecule has 0 bridgehead atoms. The molecule has 1 saturated carbocycles. The lowest BCUT2D eigenvalue weighted by Crippen LogP contribution is -2.12. The number of benzene rings is 1. The molecule has 1 aliphatic rings. The number of nitrogens with zero attached hydrogens (tertiary/aromatic N) is 1. The predicted molar refractivity (Wildman–Crippen MR) is 62.1 cm³/mol. The molecule has 0 aliphatic heterocycles. The summed E-state index contributed by atoms with van der Waals surface area (Å²) in [5.74, 6) is 0.797. The van der Waals surface area contributed by atoms with Gasteiger partial charge in [0.15, 0.2) is 0 Å². The normalized spacial score (nSPS) is 19.5. The van der Waals surface area contributed by atoms with E-state index in [9.17, 15) is 4.79 Å². The van der Waals surface area contributed by atoms with E-state index in [1.807, 2.05) is 6.07 Å². The summed E-state index contributed by atoms with van der Waals surface area (Å²) >= 11 is 3.30. The van der Waals surface area contributed by atoms with Gasteiger partial charge >= 0.3 is 0 Å². The Morgan fingerprint density at radius 1 is 1.50 bits per heavy atom. The third-order valence-electron chi connectivity index (χ3n) is 2.56. The highest BCUT2D eigenvalue weighted by Gasteiger charge is 2.24. The first kappa shape index (κ1) is 11.2. The summed E-state index contributed by atoms with van der Waals surface area (Å²) in [7, 11) is 0. The first-order valence-corrected chi connectivity index (χ1v) is 5.86. The van der Waals surface area contributed by atoms with Crippen molar-refractivity contribution in [3.8, 4) is 11.8 Å². The smallest absolute Gasteiger partial charge is 0.137 e. The topological polar surface area (TPSA) is 50.1 Å². The SMILES string of the molecule is N#Cc1cc(Br)ccc1OC1CCC(=O)C1. The van der Waals surface area contributed by atoms with Gasteiger partial charge in [0, 0.05) is 17.3 Å². The summed E-state index contributed by atoms with van der Waals surface area (Å²) in [6.45, 7) is 0. The number of Topliss-reactive ketones (excluding diaryl/α,β-unsaturated/α-hetero) is 1. The fourth-order valence-electron chi connectivity index (χ4n) is 1.75. The molecule has 1 aromatic carbocycles. The third kappa shape index (κ3) is 2.42. The first-order chi connectivity index (χ1) is 7.69. The van der Waals surface area contributed by atoms with Crippen molar-refractivity contribution in [3.63, 3.8) is 0 Å². The highest BCUT2D eigenvalue weighted by atomic mass is 79.9. The van der Waals surface area contributed by atoms with Crippen molar-refractivity contribution in [3.05, 3.63) is 28.2 Å². The zero-order chi connectivity index (χ0) is 11.5. The van der Waals surface area contributed by atoms with E-state index in [2.05, 4.69) is 22.0 Å². The summed E-state index contributed by atoms with van der Waals surface area (Å²) < 4.78 is 6.50. The largest absolute Gasteiger partial charge is 0.489 e. The molecule has 2 rings (SSSR count). The van der Waals surface area contributed by atoms with Crippen molar-refractivity contribution >= 4 is 21.7 Å². The van der Waals surface area contributed by atoms with Crippen LogP contribution in [-0.4, -0.2) is 11.9 Å². The molecular formula is C12H10BrNO2. The summed E-state index contributed by atoms with van der Waals surface area (Å²) in [5.41, 5.74) is 0.494. The minimum absolute atomic E-state index is 0.0687. The Hall–Kier alpha value is -1.34. The Morgan fingerprint density at radius 2 is 2.31 bits per heavy atom. The molecule has 1 aromatic rings. The standard InChI is InChI=1S/C12H10BrNO2/c13-9-1-4-12(8(5-9)7-14)16-11-3-2-10(15)6-11/h1,4-5,11H,2-3,6H2. The fourth-order valence-corrected chi connectivity index (χ4v) is 2.11. The van der Waals surface area contributed by atoms with Crippen LogP contribution in [0.25, 0.3) is 0 Å². The number of carbonyl (C=O) groups is 1. The molecule has 16 heavy (non-hydrogen) atoms. The van der Waals surface area contributed by atoms with Gasteiger partial charge in [0.2, 0.25) is 0 Å². The average molecular weight is 280 g/mol. The van der Waals surface area contributed by atoms with E-state index < -0.39 is 0 Å². The van der Waals surface area contributed by atoms with Gasteiger partial charge in [0.1, 0.15) is 23.7 Å². The minimum Gasteiger partial charge on any atom is -0.489 e. The number of ketones is 1. The Labute approximate surface area is 102 Å². The summed E-state index contributed by atoms with van der Waals surface area (Å²) in [6.07, 6.45) is 1.73. The monoisotopic (exact) mass is 279 g/mol. The Balaban J connectivity index is 2.15. The summed E-state index contributed by atoms with van der Waals surface area (Å²) in [4.78, 5) is 11.1. The molecule has 1 atom stereocenters. The van der Waals surface area contributed by atoms with Gasteiger partial charge in [-0.15, -0.1) is 0 Å². The fraction of sp³-hybridized carbons (Fsp3) is 0.333. The first-order valence-electron chi connectivity index (χ1n) is 5.07. The lowest BCUT2D eigenvalue weighted by Gasteiger charge is -2.13. The number of hydrogen-bond acceptors (Lipinski definition) is 3. The van der Waals surface area contributed by atoms with Gasteiger partial charge in [-0.05, 0) is 24.6 Å². The molecule has 82 valence electrons. The van der Waals surface area contributed by atoms with Crippen LogP contribution >= 0.6 is 15.9 Å². The van der Waals surface area contributed by atoms with Crippen LogP contribution in [0.2, 0.25) is 0 Å². The maximum Gasteiger partial charge on any atom is 0.137 e. The van der Waals surface area contributed by atoms with E-state index in [-0.39, 0.29) is 11.9 Å². The predicted octanol–water partition coefficient (Wildman–Crippen LogP) is 2.82. The molecule has 0 spiro atoms. The van der Waals surface area contributed by atoms with Gasteiger partial charge in [-0.2, -0.15) is 5.26 Å². The molecule has 1 fully saturated rings. The highest BCUT2D eigenvalue weighted by Crippen LogP contribution is 2.27. The van der Waals surface area contributed by atoms with Crippen LogP contribution in [0.5, 0.6) is 5.75 Å². The van der Waals surface area contributed by atoms with Crippen LogP contribution < -0.4 is 4.74 Å².